The molecule has 0 fully saturated rings. The van der Waals surface area contributed by atoms with Crippen LogP contribution in [0.4, 0.5) is 0 Å². The summed E-state index contributed by atoms with van der Waals surface area (Å²) in [5.74, 6) is -0.993. The predicted molar refractivity (Wildman–Crippen MR) is 240 cm³/mol. The maximum absolute atomic E-state index is 9.98. The van der Waals surface area contributed by atoms with Crippen LogP contribution in [0.2, 0.25) is 0 Å². The molecule has 3 radical (unpaired) electrons. The van der Waals surface area contributed by atoms with Crippen molar-refractivity contribution in [3.05, 3.63) is 197 Å². The van der Waals surface area contributed by atoms with E-state index >= 15 is 0 Å². The molecule has 67 heavy (non-hydrogen) atoms. The first kappa shape index (κ1) is 64.6. The molecule has 0 bridgehead atoms. The Morgan fingerprint density at radius 2 is 0.866 bits per heavy atom. The van der Waals surface area contributed by atoms with E-state index in [9.17, 15) is 49.5 Å². The van der Waals surface area contributed by atoms with E-state index in [0.29, 0.717) is 0 Å². The van der Waals surface area contributed by atoms with Gasteiger partial charge in [-0.15, -0.1) is 40.1 Å². The number of aliphatic imine (C=N–C) groups is 1. The van der Waals surface area contributed by atoms with Gasteiger partial charge >= 0.3 is 57.0 Å². The summed E-state index contributed by atoms with van der Waals surface area (Å²) < 4.78 is 0. The van der Waals surface area contributed by atoms with E-state index in [4.69, 9.17) is 0 Å². The number of carbonyl (C=O) groups excluding carboxylic acids is 5. The first-order valence-electron chi connectivity index (χ1n) is 19.3. The van der Waals surface area contributed by atoms with Crippen LogP contribution in [0, 0.1) is 0 Å². The van der Waals surface area contributed by atoms with E-state index in [1.807, 2.05) is 72.8 Å². The van der Waals surface area contributed by atoms with E-state index < -0.39 is 0 Å². The van der Waals surface area contributed by atoms with E-state index in [1.165, 1.54) is 55.4 Å². The van der Waals surface area contributed by atoms with Gasteiger partial charge in [0, 0.05) is 18.4 Å². The molecule has 14 nitrogen and oxygen atoms in total. The Hall–Kier alpha value is -6.70. The van der Waals surface area contributed by atoms with E-state index in [-0.39, 0.29) is 109 Å². The van der Waals surface area contributed by atoms with Crippen molar-refractivity contribution in [1.82, 2.24) is 15.0 Å². The molecule has 0 saturated heterocycles. The summed E-state index contributed by atoms with van der Waals surface area (Å²) in [4.78, 5) is 66.6. The maximum Gasteiger partial charge on any atom is 2.00 e. The summed E-state index contributed by atoms with van der Waals surface area (Å²) in [5, 5.41) is 49.3. The van der Waals surface area contributed by atoms with Crippen molar-refractivity contribution in [2.75, 3.05) is 0 Å². The molecule has 6 rings (SSSR count). The maximum atomic E-state index is 9.98. The zero-order valence-electron chi connectivity index (χ0n) is 37.7. The number of rotatable bonds is 8. The van der Waals surface area contributed by atoms with Crippen molar-refractivity contribution in [3.63, 3.8) is 0 Å². The third-order valence-corrected chi connectivity index (χ3v) is 7.18. The molecule has 0 amide bonds. The fourth-order valence-electron chi connectivity index (χ4n) is 5.05. The number of hydrogen-bond donors (Lipinski definition) is 1. The zero-order valence-corrected chi connectivity index (χ0v) is 40.5. The quantitative estimate of drug-likeness (QED) is 0.113. The molecule has 0 unspecified atom stereocenters. The molecule has 2 N–H and O–H groups in total. The van der Waals surface area contributed by atoms with Crippen molar-refractivity contribution in [2.24, 2.45) is 4.99 Å². The molecule has 1 aromatic carbocycles. The van der Waals surface area contributed by atoms with Gasteiger partial charge in [-0.1, -0.05) is 76.2 Å². The van der Waals surface area contributed by atoms with Gasteiger partial charge in [-0.2, -0.15) is 18.6 Å². The SMILES string of the molecule is CC(=O)/C=C(/C)[O-].CC(=O)/C=C(/C)[O-].CC(=O)/C=C(/C)[O-].CC(=O)/C=C(/C)[O-].Oc1ccc(/C(=C2\C=CC=N2)c2ccc[n-]2)cc1.[Cu+2].[Cu+2].[Cu+2].[OH+]=C1C=CC(=C(c2ccc[n-]2)c2ccc[n-]2)C=C1. The van der Waals surface area contributed by atoms with E-state index in [2.05, 4.69) is 19.9 Å². The minimum absolute atomic E-state index is 0. The summed E-state index contributed by atoms with van der Waals surface area (Å²) in [6, 6.07) is 18.6. The van der Waals surface area contributed by atoms with Crippen LogP contribution in [-0.2, 0) is 70.4 Å². The van der Waals surface area contributed by atoms with Crippen LogP contribution < -0.4 is 35.4 Å². The molecule has 17 heteroatoms. The van der Waals surface area contributed by atoms with Crippen molar-refractivity contribution in [3.8, 4) is 5.75 Å². The third-order valence-electron chi connectivity index (χ3n) is 7.18. The van der Waals surface area contributed by atoms with Crippen LogP contribution in [0.25, 0.3) is 11.1 Å². The summed E-state index contributed by atoms with van der Waals surface area (Å²) in [7, 11) is 0. The van der Waals surface area contributed by atoms with Gasteiger partial charge in [-0.25, -0.2) is 0 Å². The summed E-state index contributed by atoms with van der Waals surface area (Å²) in [5.41, 5.74) is 7.49. The van der Waals surface area contributed by atoms with Crippen LogP contribution in [0.3, 0.4) is 0 Å². The van der Waals surface area contributed by atoms with Gasteiger partial charge in [-0.05, 0) is 111 Å². The molecular formula is C50H50Cu3N4O10. The topological polar surface area (TPSA) is 257 Å². The van der Waals surface area contributed by atoms with Crippen LogP contribution in [0.15, 0.2) is 179 Å². The Balaban J connectivity index is -0.000000778. The van der Waals surface area contributed by atoms with Gasteiger partial charge in [0.2, 0.25) is 0 Å². The van der Waals surface area contributed by atoms with Gasteiger partial charge in [0.1, 0.15) is 5.75 Å². The largest absolute Gasteiger partial charge is 2.00 e. The molecule has 4 aromatic rings. The van der Waals surface area contributed by atoms with Gasteiger partial charge in [0.15, 0.2) is 23.1 Å². The van der Waals surface area contributed by atoms with E-state index in [0.717, 1.165) is 69.4 Å². The molecule has 2 aliphatic rings. The number of benzene rings is 1. The molecular weight excluding hydrogens is 1010 g/mol. The number of phenolic OH excluding ortho intramolecular Hbond substituents is 1. The minimum Gasteiger partial charge on any atom is -0.876 e. The minimum atomic E-state index is -0.187. The Morgan fingerprint density at radius 1 is 0.522 bits per heavy atom. The second kappa shape index (κ2) is 35.5. The Labute approximate surface area is 422 Å². The molecule has 0 atom stereocenters. The summed E-state index contributed by atoms with van der Waals surface area (Å²) >= 11 is 0. The smallest absolute Gasteiger partial charge is 0.876 e. The standard InChI is InChI=1S/2C15H11N2O.4C5H8O2.3Cu/c2*18-12-7-5-11(6-8-12)15(13-3-1-9-16-13)14-4-2-10-17-14;4*1-4(6)3-5(2)7;;;/h2*1-10H,(H-,16,17,18);4*3,6H,1-2H3;;;/q2*-1;;;;;3*+2/p-4/b;;4*4-3-;;;. The zero-order chi connectivity index (χ0) is 48.2. The molecule has 0 saturated carbocycles. The first-order valence-corrected chi connectivity index (χ1v) is 19.3. The monoisotopic (exact) mass is 1060 g/mol. The number of ketones is 5. The van der Waals surface area contributed by atoms with Gasteiger partial charge in [-0.3, -0.25) is 29.0 Å². The number of phenols is 1. The average molecular weight is 1060 g/mol. The molecule has 1 aliphatic carbocycles. The summed E-state index contributed by atoms with van der Waals surface area (Å²) in [6.07, 6.45) is 22.2. The summed E-state index contributed by atoms with van der Waals surface area (Å²) in [6.45, 7) is 10.8. The number of hydrogen-bond acceptors (Lipinski definition) is 10. The number of carbonyl (C=O) groups is 4. The number of nitrogens with zero attached hydrogens (tertiary/aromatic N) is 4. The molecule has 363 valence electrons. The Bertz CT molecular complexity index is 2290. The van der Waals surface area contributed by atoms with Crippen LogP contribution >= 0.6 is 0 Å². The number of allylic oxidation sites excluding steroid dienone is 15. The van der Waals surface area contributed by atoms with Gasteiger partial charge in [0.05, 0.1) is 5.70 Å². The van der Waals surface area contributed by atoms with Crippen molar-refractivity contribution < 1.29 is 101 Å². The fraction of sp³-hybridized carbons (Fsp3) is 0.160. The number of aromatic hydroxyl groups is 1. The molecule has 1 aliphatic heterocycles. The Morgan fingerprint density at radius 3 is 1.12 bits per heavy atom. The molecule has 0 spiro atoms. The van der Waals surface area contributed by atoms with Crippen molar-refractivity contribution in [2.45, 2.75) is 55.4 Å². The fourth-order valence-corrected chi connectivity index (χ4v) is 5.05. The second-order valence-corrected chi connectivity index (χ2v) is 13.4. The normalized spacial score (nSPS) is 13.0. The van der Waals surface area contributed by atoms with Crippen molar-refractivity contribution >= 4 is 46.3 Å². The predicted octanol–water partition coefficient (Wildman–Crippen LogP) is 4.17. The van der Waals surface area contributed by atoms with Crippen LogP contribution in [-0.4, -0.2) is 45.0 Å². The van der Waals surface area contributed by atoms with Crippen LogP contribution in [0.1, 0.15) is 78.0 Å². The third kappa shape index (κ3) is 29.5. The van der Waals surface area contributed by atoms with Crippen molar-refractivity contribution in [1.29, 1.82) is 0 Å². The second-order valence-electron chi connectivity index (χ2n) is 13.4. The molecule has 3 aromatic heterocycles. The first-order chi connectivity index (χ1) is 30.2. The van der Waals surface area contributed by atoms with Gasteiger partial charge < -0.3 is 40.5 Å². The van der Waals surface area contributed by atoms with E-state index in [1.54, 1.807) is 49.1 Å². The van der Waals surface area contributed by atoms with Crippen LogP contribution in [0.5, 0.6) is 5.75 Å². The average Bonchev–Trinajstić information content (AvgIpc) is 4.03. The van der Waals surface area contributed by atoms with Gasteiger partial charge in [0.25, 0.3) is 0 Å². The Kier molecular flexibility index (Phi) is 34.3. The number of aromatic nitrogens is 3. The molecule has 4 heterocycles.